The predicted octanol–water partition coefficient (Wildman–Crippen LogP) is 4.16. The second kappa shape index (κ2) is 8.48. The first kappa shape index (κ1) is 19.2. The average molecular weight is 418 g/mol. The molecule has 0 bridgehead atoms. The van der Waals surface area contributed by atoms with Crippen molar-refractivity contribution in [1.29, 1.82) is 0 Å². The van der Waals surface area contributed by atoms with E-state index in [0.717, 1.165) is 17.5 Å². The van der Waals surface area contributed by atoms with Crippen molar-refractivity contribution >= 4 is 22.8 Å². The molecule has 2 aromatic heterocycles. The number of aromatic nitrogens is 4. The summed E-state index contributed by atoms with van der Waals surface area (Å²) in [4.78, 5) is 14.9. The molecule has 0 amide bonds. The number of nitrogens with one attached hydrogen (secondary N) is 1. The number of alkyl halides is 2. The van der Waals surface area contributed by atoms with Gasteiger partial charge in [-0.15, -0.1) is 10.2 Å². The molecule has 0 aliphatic carbocycles. The van der Waals surface area contributed by atoms with Gasteiger partial charge in [0, 0.05) is 17.9 Å². The molecule has 0 fully saturated rings. The number of benzene rings is 2. The highest BCUT2D eigenvalue weighted by molar-refractivity contribution is 7.99. The number of ether oxygens (including phenoxy) is 1. The Kier molecular flexibility index (Phi) is 5.61. The van der Waals surface area contributed by atoms with E-state index in [4.69, 9.17) is 4.42 Å². The maximum atomic E-state index is 12.2. The minimum absolute atomic E-state index is 0.0605. The highest BCUT2D eigenvalue weighted by atomic mass is 32.2. The monoisotopic (exact) mass is 418 g/mol. The first-order valence-electron chi connectivity index (χ1n) is 8.79. The number of thioether (sulfide) groups is 1. The van der Waals surface area contributed by atoms with Crippen LogP contribution in [0.25, 0.3) is 22.5 Å². The lowest BCUT2D eigenvalue weighted by Gasteiger charge is -2.03. The fourth-order valence-electron chi connectivity index (χ4n) is 2.87. The Morgan fingerprint density at radius 2 is 1.93 bits per heavy atom. The summed E-state index contributed by atoms with van der Waals surface area (Å²) in [6.07, 6.45) is 0.740. The normalized spacial score (nSPS) is 11.4. The summed E-state index contributed by atoms with van der Waals surface area (Å²) in [7, 11) is 0. The third-order valence-corrected chi connectivity index (χ3v) is 5.07. The number of H-pyrrole nitrogens is 1. The molecule has 4 rings (SSSR count). The summed E-state index contributed by atoms with van der Waals surface area (Å²) < 4.78 is 36.0. The molecular formula is C19H16F2N4O3S. The highest BCUT2D eigenvalue weighted by Gasteiger charge is 2.11. The van der Waals surface area contributed by atoms with Gasteiger partial charge in [0.1, 0.15) is 5.75 Å². The first-order valence-corrected chi connectivity index (χ1v) is 9.78. The predicted molar refractivity (Wildman–Crippen MR) is 104 cm³/mol. The van der Waals surface area contributed by atoms with Crippen LogP contribution in [0.1, 0.15) is 6.42 Å². The number of rotatable bonds is 8. The molecule has 0 radical (unpaired) electrons. The van der Waals surface area contributed by atoms with Crippen LogP contribution in [0.2, 0.25) is 0 Å². The molecule has 0 atom stereocenters. The van der Waals surface area contributed by atoms with E-state index in [1.165, 1.54) is 23.9 Å². The summed E-state index contributed by atoms with van der Waals surface area (Å²) in [5.41, 5.74) is 2.17. The van der Waals surface area contributed by atoms with Crippen LogP contribution in [0.5, 0.6) is 5.75 Å². The molecule has 150 valence electrons. The molecule has 29 heavy (non-hydrogen) atoms. The number of nitrogens with zero attached hydrogens (tertiary/aromatic N) is 3. The molecule has 0 aliphatic rings. The number of imidazole rings is 1. The number of halogens is 2. The lowest BCUT2D eigenvalue weighted by atomic mass is 10.2. The molecular weight excluding hydrogens is 402 g/mol. The first-order chi connectivity index (χ1) is 14.1. The van der Waals surface area contributed by atoms with Gasteiger partial charge >= 0.3 is 12.3 Å². The average Bonchev–Trinajstić information content (AvgIpc) is 3.30. The van der Waals surface area contributed by atoms with E-state index in [1.54, 1.807) is 16.7 Å². The quantitative estimate of drug-likeness (QED) is 0.342. The Labute approximate surface area is 167 Å². The van der Waals surface area contributed by atoms with Gasteiger partial charge in [-0.05, 0) is 42.8 Å². The summed E-state index contributed by atoms with van der Waals surface area (Å²) in [6, 6.07) is 13.5. The summed E-state index contributed by atoms with van der Waals surface area (Å²) >= 11 is 1.39. The lowest BCUT2D eigenvalue weighted by molar-refractivity contribution is -0.0498. The number of para-hydroxylation sites is 2. The van der Waals surface area contributed by atoms with Gasteiger partial charge in [-0.3, -0.25) is 4.57 Å². The maximum Gasteiger partial charge on any atom is 0.387 e. The molecule has 1 N–H and O–H groups in total. The smallest absolute Gasteiger partial charge is 0.387 e. The van der Waals surface area contributed by atoms with Crippen molar-refractivity contribution in [3.63, 3.8) is 0 Å². The number of hydrogen-bond acceptors (Lipinski definition) is 6. The Bertz CT molecular complexity index is 1150. The Morgan fingerprint density at radius 1 is 1.14 bits per heavy atom. The van der Waals surface area contributed by atoms with Crippen LogP contribution >= 0.6 is 11.8 Å². The van der Waals surface area contributed by atoms with Gasteiger partial charge in [0.15, 0.2) is 0 Å². The summed E-state index contributed by atoms with van der Waals surface area (Å²) in [5.74, 6) is 1.05. The van der Waals surface area contributed by atoms with Crippen LogP contribution in [0.15, 0.2) is 63.0 Å². The van der Waals surface area contributed by atoms with Crippen LogP contribution in [-0.4, -0.2) is 32.1 Å². The Hall–Kier alpha value is -3.14. The largest absolute Gasteiger partial charge is 0.435 e. The molecule has 2 aromatic carbocycles. The van der Waals surface area contributed by atoms with E-state index in [2.05, 4.69) is 19.9 Å². The van der Waals surface area contributed by atoms with Crippen molar-refractivity contribution in [3.8, 4) is 17.2 Å². The lowest BCUT2D eigenvalue weighted by Crippen LogP contribution is -2.17. The Balaban J connectivity index is 1.33. The molecule has 2 heterocycles. The number of fused-ring (bicyclic) bond motifs is 1. The fraction of sp³-hybridized carbons (Fsp3) is 0.211. The van der Waals surface area contributed by atoms with E-state index in [0.29, 0.717) is 29.0 Å². The SMILES string of the molecule is O=c1[nH]c2ccccc2n1CCCSc1nnc(-c2ccc(OC(F)F)cc2)o1. The number of aryl methyl sites for hydroxylation is 1. The molecule has 0 aliphatic heterocycles. The van der Waals surface area contributed by atoms with E-state index in [9.17, 15) is 13.6 Å². The molecule has 4 aromatic rings. The van der Waals surface area contributed by atoms with Crippen molar-refractivity contribution in [1.82, 2.24) is 19.7 Å². The zero-order valence-corrected chi connectivity index (χ0v) is 15.9. The van der Waals surface area contributed by atoms with E-state index in [-0.39, 0.29) is 11.4 Å². The van der Waals surface area contributed by atoms with Crippen LogP contribution in [0.4, 0.5) is 8.78 Å². The van der Waals surface area contributed by atoms with Crippen molar-refractivity contribution < 1.29 is 17.9 Å². The number of hydrogen-bond donors (Lipinski definition) is 1. The highest BCUT2D eigenvalue weighted by Crippen LogP contribution is 2.26. The summed E-state index contributed by atoms with van der Waals surface area (Å²) in [6.45, 7) is -2.30. The standard InChI is InChI=1S/C19H16F2N4O3S/c20-17(21)27-13-8-6-12(7-9-13)16-23-24-19(28-16)29-11-3-10-25-15-5-2-1-4-14(15)22-18(25)26/h1-2,4-9,17H,3,10-11H2,(H,22,26). The zero-order valence-electron chi connectivity index (χ0n) is 15.0. The third-order valence-electron chi connectivity index (χ3n) is 4.17. The van der Waals surface area contributed by atoms with E-state index in [1.807, 2.05) is 24.3 Å². The molecule has 7 nitrogen and oxygen atoms in total. The van der Waals surface area contributed by atoms with Crippen LogP contribution in [-0.2, 0) is 6.54 Å². The minimum Gasteiger partial charge on any atom is -0.435 e. The van der Waals surface area contributed by atoms with Crippen LogP contribution in [0, 0.1) is 0 Å². The van der Waals surface area contributed by atoms with Gasteiger partial charge in [-0.2, -0.15) is 8.78 Å². The summed E-state index contributed by atoms with van der Waals surface area (Å²) in [5, 5.41) is 8.36. The maximum absolute atomic E-state index is 12.2. The van der Waals surface area contributed by atoms with Crippen LogP contribution in [0.3, 0.4) is 0 Å². The zero-order chi connectivity index (χ0) is 20.2. The van der Waals surface area contributed by atoms with Gasteiger partial charge in [-0.25, -0.2) is 4.79 Å². The Morgan fingerprint density at radius 3 is 2.72 bits per heavy atom. The van der Waals surface area contributed by atoms with Crippen LogP contribution < -0.4 is 10.4 Å². The third kappa shape index (κ3) is 4.48. The van der Waals surface area contributed by atoms with Gasteiger partial charge in [0.25, 0.3) is 5.22 Å². The molecule has 0 spiro atoms. The van der Waals surface area contributed by atoms with Gasteiger partial charge in [-0.1, -0.05) is 23.9 Å². The van der Waals surface area contributed by atoms with Gasteiger partial charge in [0.2, 0.25) is 5.89 Å². The molecule has 10 heteroatoms. The van der Waals surface area contributed by atoms with Crippen molar-refractivity contribution in [2.24, 2.45) is 0 Å². The van der Waals surface area contributed by atoms with E-state index < -0.39 is 6.61 Å². The van der Waals surface area contributed by atoms with Gasteiger partial charge < -0.3 is 14.1 Å². The fourth-order valence-corrected chi connectivity index (χ4v) is 3.56. The van der Waals surface area contributed by atoms with E-state index >= 15 is 0 Å². The second-order valence-corrected chi connectivity index (χ2v) is 7.12. The topological polar surface area (TPSA) is 85.9 Å². The van der Waals surface area contributed by atoms with Crippen molar-refractivity contribution in [2.45, 2.75) is 24.8 Å². The molecule has 0 saturated heterocycles. The van der Waals surface area contributed by atoms with Gasteiger partial charge in [0.05, 0.1) is 11.0 Å². The van der Waals surface area contributed by atoms with Crippen molar-refractivity contribution in [2.75, 3.05) is 5.75 Å². The molecule has 0 unspecified atom stereocenters. The molecule has 0 saturated carbocycles. The number of aromatic amines is 1. The van der Waals surface area contributed by atoms with Crippen molar-refractivity contribution in [3.05, 3.63) is 59.0 Å². The minimum atomic E-state index is -2.87. The second-order valence-electron chi connectivity index (χ2n) is 6.08.